The fraction of sp³-hybridized carbons (Fsp3) is 0.333. The lowest BCUT2D eigenvalue weighted by molar-refractivity contribution is -0.142. The van der Waals surface area contributed by atoms with Crippen molar-refractivity contribution in [2.45, 2.75) is 33.4 Å². The van der Waals surface area contributed by atoms with E-state index < -0.39 is 6.04 Å². The Morgan fingerprint density at radius 3 is 2.43 bits per heavy atom. The van der Waals surface area contributed by atoms with Gasteiger partial charge in [0.05, 0.1) is 0 Å². The van der Waals surface area contributed by atoms with Gasteiger partial charge in [-0.2, -0.15) is 0 Å². The predicted octanol–water partition coefficient (Wildman–Crippen LogP) is 4.45. The first kappa shape index (κ1) is 22.4. The van der Waals surface area contributed by atoms with E-state index in [1.807, 2.05) is 50.2 Å². The third-order valence-electron chi connectivity index (χ3n) is 4.28. The second kappa shape index (κ2) is 10.6. The van der Waals surface area contributed by atoms with Gasteiger partial charge in [-0.15, -0.1) is 0 Å². The van der Waals surface area contributed by atoms with E-state index in [4.69, 9.17) is 4.74 Å². The zero-order chi connectivity index (χ0) is 20.7. The minimum atomic E-state index is -0.605. The van der Waals surface area contributed by atoms with Crippen LogP contribution in [0.25, 0.3) is 0 Å². The van der Waals surface area contributed by atoms with Crippen LogP contribution in [0.4, 0.5) is 0 Å². The van der Waals surface area contributed by atoms with Gasteiger partial charge in [-0.1, -0.05) is 44.0 Å². The van der Waals surface area contributed by atoms with E-state index >= 15 is 0 Å². The number of carbonyl (C=O) groups excluding carboxylic acids is 2. The summed E-state index contributed by atoms with van der Waals surface area (Å²) in [7, 11) is 0. The summed E-state index contributed by atoms with van der Waals surface area (Å²) in [5.41, 5.74) is 1.96. The Labute approximate surface area is 182 Å². The van der Waals surface area contributed by atoms with Gasteiger partial charge in [0.25, 0.3) is 5.91 Å². The molecule has 7 heteroatoms. The van der Waals surface area contributed by atoms with Gasteiger partial charge in [0.15, 0.2) is 6.61 Å². The lowest BCUT2D eigenvalue weighted by atomic mass is 10.1. The molecule has 1 N–H and O–H groups in total. The first-order valence-corrected chi connectivity index (χ1v) is 10.6. The van der Waals surface area contributed by atoms with Crippen molar-refractivity contribution in [2.24, 2.45) is 0 Å². The Morgan fingerprint density at radius 2 is 1.82 bits per heavy atom. The molecule has 0 aliphatic heterocycles. The van der Waals surface area contributed by atoms with E-state index in [1.165, 1.54) is 0 Å². The quantitative estimate of drug-likeness (QED) is 0.569. The topological polar surface area (TPSA) is 58.6 Å². The summed E-state index contributed by atoms with van der Waals surface area (Å²) in [6.07, 6.45) is 0. The minimum absolute atomic E-state index is 0.138. The maximum Gasteiger partial charge on any atom is 0.261 e. The Morgan fingerprint density at radius 1 is 1.14 bits per heavy atom. The standard InChI is InChI=1S/C21H24Br2N2O3/c1-4-24-21(27)15(3)25(12-16-5-7-17(22)8-6-16)20(26)13-28-18-9-10-19(23)14(2)11-18/h5-11,15H,4,12-13H2,1-3H3,(H,24,27). The monoisotopic (exact) mass is 510 g/mol. The molecule has 0 heterocycles. The number of halogens is 2. The van der Waals surface area contributed by atoms with Gasteiger partial charge in [0.2, 0.25) is 5.91 Å². The molecule has 2 aromatic carbocycles. The molecule has 0 aliphatic carbocycles. The third-order valence-corrected chi connectivity index (χ3v) is 5.69. The van der Waals surface area contributed by atoms with E-state index in [1.54, 1.807) is 17.9 Å². The van der Waals surface area contributed by atoms with E-state index in [2.05, 4.69) is 37.2 Å². The van der Waals surface area contributed by atoms with Crippen molar-refractivity contribution in [2.75, 3.05) is 13.2 Å². The zero-order valence-electron chi connectivity index (χ0n) is 16.2. The molecule has 0 bridgehead atoms. The minimum Gasteiger partial charge on any atom is -0.484 e. The fourth-order valence-corrected chi connectivity index (χ4v) is 3.14. The van der Waals surface area contributed by atoms with E-state index in [0.717, 1.165) is 20.1 Å². The van der Waals surface area contributed by atoms with Crippen molar-refractivity contribution < 1.29 is 14.3 Å². The van der Waals surface area contributed by atoms with Gasteiger partial charge in [-0.3, -0.25) is 9.59 Å². The normalized spacial score (nSPS) is 11.6. The molecule has 0 saturated carbocycles. The molecule has 1 atom stereocenters. The maximum absolute atomic E-state index is 12.9. The summed E-state index contributed by atoms with van der Waals surface area (Å²) < 4.78 is 7.62. The summed E-state index contributed by atoms with van der Waals surface area (Å²) in [6, 6.07) is 12.6. The van der Waals surface area contributed by atoms with Crippen LogP contribution in [0.2, 0.25) is 0 Å². The van der Waals surface area contributed by atoms with Crippen molar-refractivity contribution in [3.63, 3.8) is 0 Å². The number of rotatable bonds is 8. The molecule has 150 valence electrons. The second-order valence-electron chi connectivity index (χ2n) is 6.42. The smallest absolute Gasteiger partial charge is 0.261 e. The van der Waals surface area contributed by atoms with Gasteiger partial charge in [0.1, 0.15) is 11.8 Å². The SMILES string of the molecule is CCNC(=O)C(C)N(Cc1ccc(Br)cc1)C(=O)COc1ccc(Br)c(C)c1. The Balaban J connectivity index is 2.13. The van der Waals surface area contributed by atoms with Gasteiger partial charge >= 0.3 is 0 Å². The molecule has 2 aromatic rings. The lowest BCUT2D eigenvalue weighted by Gasteiger charge is -2.28. The first-order chi connectivity index (χ1) is 13.3. The fourth-order valence-electron chi connectivity index (χ4n) is 2.63. The van der Waals surface area contributed by atoms with Crippen molar-refractivity contribution in [1.82, 2.24) is 10.2 Å². The van der Waals surface area contributed by atoms with Crippen molar-refractivity contribution >= 4 is 43.7 Å². The van der Waals surface area contributed by atoms with Gasteiger partial charge in [-0.05, 0) is 62.2 Å². The Kier molecular flexibility index (Phi) is 8.51. The van der Waals surface area contributed by atoms with Crippen LogP contribution >= 0.6 is 31.9 Å². The van der Waals surface area contributed by atoms with Crippen LogP contribution in [0.1, 0.15) is 25.0 Å². The predicted molar refractivity (Wildman–Crippen MR) is 117 cm³/mol. The van der Waals surface area contributed by atoms with E-state index in [0.29, 0.717) is 18.8 Å². The Bertz CT molecular complexity index is 825. The molecule has 2 amide bonds. The summed E-state index contributed by atoms with van der Waals surface area (Å²) in [5.74, 6) is 0.179. The summed E-state index contributed by atoms with van der Waals surface area (Å²) in [4.78, 5) is 26.8. The molecule has 5 nitrogen and oxygen atoms in total. The van der Waals surface area contributed by atoms with Crippen molar-refractivity contribution in [3.05, 3.63) is 62.5 Å². The second-order valence-corrected chi connectivity index (χ2v) is 8.19. The first-order valence-electron chi connectivity index (χ1n) is 9.02. The molecule has 1 unspecified atom stereocenters. The van der Waals surface area contributed by atoms with Crippen LogP contribution in [-0.4, -0.2) is 35.9 Å². The van der Waals surface area contributed by atoms with Crippen LogP contribution in [0.15, 0.2) is 51.4 Å². The molecule has 0 spiro atoms. The number of hydrogen-bond acceptors (Lipinski definition) is 3. The molecule has 0 aromatic heterocycles. The number of nitrogens with one attached hydrogen (secondary N) is 1. The molecule has 0 fully saturated rings. The number of amides is 2. The average Bonchev–Trinajstić information content (AvgIpc) is 2.68. The van der Waals surface area contributed by atoms with Crippen LogP contribution < -0.4 is 10.1 Å². The highest BCUT2D eigenvalue weighted by Gasteiger charge is 2.26. The van der Waals surface area contributed by atoms with E-state index in [9.17, 15) is 9.59 Å². The largest absolute Gasteiger partial charge is 0.484 e. The highest BCUT2D eigenvalue weighted by atomic mass is 79.9. The third kappa shape index (κ3) is 6.34. The molecular weight excluding hydrogens is 488 g/mol. The van der Waals surface area contributed by atoms with Crippen LogP contribution in [0.5, 0.6) is 5.75 Å². The number of benzene rings is 2. The van der Waals surface area contributed by atoms with E-state index in [-0.39, 0.29) is 18.4 Å². The molecule has 0 radical (unpaired) electrons. The number of ether oxygens (including phenoxy) is 1. The summed E-state index contributed by atoms with van der Waals surface area (Å²) in [5, 5.41) is 2.78. The molecule has 0 saturated heterocycles. The maximum atomic E-state index is 12.9. The number of nitrogens with zero attached hydrogens (tertiary/aromatic N) is 1. The molecule has 28 heavy (non-hydrogen) atoms. The molecule has 0 aliphatic rings. The van der Waals surface area contributed by atoms with Crippen LogP contribution in [0, 0.1) is 6.92 Å². The van der Waals surface area contributed by atoms with Crippen molar-refractivity contribution in [3.8, 4) is 5.75 Å². The number of likely N-dealkylation sites (N-methyl/N-ethyl adjacent to an activating group) is 1. The molecule has 2 rings (SSSR count). The number of carbonyl (C=O) groups is 2. The average molecular weight is 512 g/mol. The number of aryl methyl sites for hydroxylation is 1. The Hall–Kier alpha value is -1.86. The van der Waals surface area contributed by atoms with Gasteiger partial charge in [0, 0.05) is 22.0 Å². The highest BCUT2D eigenvalue weighted by molar-refractivity contribution is 9.10. The highest BCUT2D eigenvalue weighted by Crippen LogP contribution is 2.22. The molecular formula is C21H24Br2N2O3. The lowest BCUT2D eigenvalue weighted by Crippen LogP contribution is -2.49. The number of hydrogen-bond donors (Lipinski definition) is 1. The van der Waals surface area contributed by atoms with Gasteiger partial charge < -0.3 is 15.0 Å². The van der Waals surface area contributed by atoms with Crippen LogP contribution in [0.3, 0.4) is 0 Å². The zero-order valence-corrected chi connectivity index (χ0v) is 19.3. The summed E-state index contributed by atoms with van der Waals surface area (Å²) in [6.45, 7) is 6.23. The summed E-state index contributed by atoms with van der Waals surface area (Å²) >= 11 is 6.85. The van der Waals surface area contributed by atoms with Gasteiger partial charge in [-0.25, -0.2) is 0 Å². The van der Waals surface area contributed by atoms with Crippen LogP contribution in [-0.2, 0) is 16.1 Å². The van der Waals surface area contributed by atoms with Crippen molar-refractivity contribution in [1.29, 1.82) is 0 Å².